The molecule has 0 saturated carbocycles. The van der Waals surface area contributed by atoms with E-state index in [9.17, 15) is 18.0 Å². The van der Waals surface area contributed by atoms with Crippen molar-refractivity contribution in [2.45, 2.75) is 6.36 Å². The Morgan fingerprint density at radius 2 is 1.75 bits per heavy atom. The number of alkyl halides is 3. The van der Waals surface area contributed by atoms with Gasteiger partial charge in [-0.3, -0.25) is 4.79 Å². The third-order valence-corrected chi connectivity index (χ3v) is 3.52. The first-order valence-corrected chi connectivity index (χ1v) is 7.82. The van der Waals surface area contributed by atoms with E-state index in [-0.39, 0.29) is 11.3 Å². The summed E-state index contributed by atoms with van der Waals surface area (Å²) in [7, 11) is 1.44. The van der Waals surface area contributed by atoms with Crippen molar-refractivity contribution < 1.29 is 27.4 Å². The lowest BCUT2D eigenvalue weighted by atomic mass is 10.1. The van der Waals surface area contributed by atoms with Gasteiger partial charge in [0.2, 0.25) is 5.88 Å². The summed E-state index contributed by atoms with van der Waals surface area (Å²) in [4.78, 5) is 24.4. The fourth-order valence-corrected chi connectivity index (χ4v) is 2.33. The van der Waals surface area contributed by atoms with Crippen LogP contribution in [0.25, 0.3) is 11.1 Å². The van der Waals surface area contributed by atoms with Gasteiger partial charge >= 0.3 is 6.36 Å². The Labute approximate surface area is 157 Å². The smallest absolute Gasteiger partial charge is 0.481 e. The topological polar surface area (TPSA) is 86.2 Å². The molecule has 7 nitrogen and oxygen atoms in total. The summed E-state index contributed by atoms with van der Waals surface area (Å²) in [6.45, 7) is 0. The van der Waals surface area contributed by atoms with Crippen molar-refractivity contribution in [3.63, 3.8) is 0 Å². The number of nitrogens with zero attached hydrogens (tertiary/aromatic N) is 3. The Morgan fingerprint density at radius 1 is 1.07 bits per heavy atom. The number of nitrogens with one attached hydrogen (secondary N) is 1. The number of ether oxygens (including phenoxy) is 2. The van der Waals surface area contributed by atoms with Gasteiger partial charge < -0.3 is 14.8 Å². The molecule has 0 atom stereocenters. The average Bonchev–Trinajstić information content (AvgIpc) is 2.68. The van der Waals surface area contributed by atoms with Gasteiger partial charge in [-0.25, -0.2) is 15.0 Å². The van der Waals surface area contributed by atoms with Gasteiger partial charge in [0.1, 0.15) is 12.1 Å². The van der Waals surface area contributed by atoms with Crippen LogP contribution in [0.3, 0.4) is 0 Å². The summed E-state index contributed by atoms with van der Waals surface area (Å²) < 4.78 is 45.6. The van der Waals surface area contributed by atoms with Crippen molar-refractivity contribution in [1.29, 1.82) is 0 Å². The highest BCUT2D eigenvalue weighted by atomic mass is 19.4. The number of aromatic nitrogens is 3. The molecule has 1 aromatic carbocycles. The number of hydrogen-bond acceptors (Lipinski definition) is 6. The summed E-state index contributed by atoms with van der Waals surface area (Å²) >= 11 is 0. The Kier molecular flexibility index (Phi) is 5.39. The molecule has 10 heteroatoms. The molecule has 144 valence electrons. The number of carbonyl (C=O) groups excluding carboxylic acids is 1. The highest BCUT2D eigenvalue weighted by Gasteiger charge is 2.31. The van der Waals surface area contributed by atoms with Gasteiger partial charge in [-0.1, -0.05) is 0 Å². The van der Waals surface area contributed by atoms with E-state index >= 15 is 0 Å². The van der Waals surface area contributed by atoms with Gasteiger partial charge in [-0.15, -0.1) is 13.2 Å². The minimum Gasteiger partial charge on any atom is -0.481 e. The second-order valence-electron chi connectivity index (χ2n) is 5.43. The van der Waals surface area contributed by atoms with E-state index in [1.807, 2.05) is 0 Å². The van der Waals surface area contributed by atoms with E-state index in [1.54, 1.807) is 18.5 Å². The average molecular weight is 390 g/mol. The SMILES string of the molecule is COc1ncc(C(=O)Nc2ccc(OC(F)(F)F)cc2)cc1-c1cncnc1. The monoisotopic (exact) mass is 390 g/mol. The van der Waals surface area contributed by atoms with Crippen molar-refractivity contribution in [3.05, 3.63) is 60.8 Å². The summed E-state index contributed by atoms with van der Waals surface area (Å²) in [5.41, 5.74) is 1.63. The normalized spacial score (nSPS) is 11.0. The molecule has 0 spiro atoms. The molecule has 0 fully saturated rings. The molecule has 0 aliphatic carbocycles. The van der Waals surface area contributed by atoms with Crippen LogP contribution in [-0.4, -0.2) is 34.3 Å². The number of rotatable bonds is 5. The zero-order valence-electron chi connectivity index (χ0n) is 14.4. The van der Waals surface area contributed by atoms with Gasteiger partial charge in [0.05, 0.1) is 12.7 Å². The van der Waals surface area contributed by atoms with Crippen LogP contribution in [0.1, 0.15) is 10.4 Å². The second-order valence-corrected chi connectivity index (χ2v) is 5.43. The van der Waals surface area contributed by atoms with Gasteiger partial charge in [-0.2, -0.15) is 0 Å². The van der Waals surface area contributed by atoms with Crippen LogP contribution in [0.5, 0.6) is 11.6 Å². The molecule has 0 aliphatic rings. The zero-order valence-corrected chi connectivity index (χ0v) is 14.4. The summed E-state index contributed by atoms with van der Waals surface area (Å²) in [5.74, 6) is -0.597. The lowest BCUT2D eigenvalue weighted by Crippen LogP contribution is -2.17. The van der Waals surface area contributed by atoms with Crippen molar-refractivity contribution in [1.82, 2.24) is 15.0 Å². The van der Waals surface area contributed by atoms with E-state index in [0.29, 0.717) is 22.7 Å². The van der Waals surface area contributed by atoms with Crippen molar-refractivity contribution in [2.24, 2.45) is 0 Å². The third-order valence-electron chi connectivity index (χ3n) is 3.52. The van der Waals surface area contributed by atoms with Crippen LogP contribution in [0.2, 0.25) is 0 Å². The molecule has 28 heavy (non-hydrogen) atoms. The number of halogens is 3. The van der Waals surface area contributed by atoms with Gasteiger partial charge in [0.25, 0.3) is 5.91 Å². The molecule has 0 saturated heterocycles. The fourth-order valence-electron chi connectivity index (χ4n) is 2.33. The first kappa shape index (κ1) is 19.1. The van der Waals surface area contributed by atoms with Crippen LogP contribution in [0.15, 0.2) is 55.2 Å². The van der Waals surface area contributed by atoms with Crippen molar-refractivity contribution in [2.75, 3.05) is 12.4 Å². The molecule has 2 aromatic heterocycles. The fraction of sp³-hybridized carbons (Fsp3) is 0.111. The lowest BCUT2D eigenvalue weighted by molar-refractivity contribution is -0.274. The van der Waals surface area contributed by atoms with E-state index in [0.717, 1.165) is 12.1 Å². The third kappa shape index (κ3) is 4.72. The highest BCUT2D eigenvalue weighted by molar-refractivity contribution is 6.04. The zero-order chi connectivity index (χ0) is 20.1. The molecule has 0 aliphatic heterocycles. The number of benzene rings is 1. The van der Waals surface area contributed by atoms with E-state index in [2.05, 4.69) is 25.0 Å². The maximum atomic E-state index is 12.5. The first-order valence-electron chi connectivity index (χ1n) is 7.82. The van der Waals surface area contributed by atoms with Gasteiger partial charge in [0, 0.05) is 35.4 Å². The standard InChI is InChI=1S/C18H13F3N4O3/c1-27-17-15(12-7-22-10-23-8-12)6-11(9-24-17)16(26)25-13-2-4-14(5-3-13)28-18(19,20)21/h2-10H,1H3,(H,25,26). The van der Waals surface area contributed by atoms with Crippen LogP contribution >= 0.6 is 0 Å². The molecule has 1 amide bonds. The predicted octanol–water partition coefficient (Wildman–Crippen LogP) is 3.70. The molecular formula is C18H13F3N4O3. The van der Waals surface area contributed by atoms with Crippen LogP contribution in [-0.2, 0) is 0 Å². The minimum absolute atomic E-state index is 0.218. The molecule has 0 bridgehead atoms. The molecule has 3 aromatic rings. The maximum absolute atomic E-state index is 12.5. The number of anilines is 1. The number of methoxy groups -OCH3 is 1. The molecule has 1 N–H and O–H groups in total. The van der Waals surface area contributed by atoms with E-state index in [1.165, 1.54) is 31.8 Å². The maximum Gasteiger partial charge on any atom is 0.573 e. The highest BCUT2D eigenvalue weighted by Crippen LogP contribution is 2.28. The molecular weight excluding hydrogens is 377 g/mol. The molecule has 0 unspecified atom stereocenters. The number of pyridine rings is 1. The lowest BCUT2D eigenvalue weighted by Gasteiger charge is -2.11. The van der Waals surface area contributed by atoms with Crippen molar-refractivity contribution in [3.8, 4) is 22.8 Å². The minimum atomic E-state index is -4.78. The Hall–Kier alpha value is -3.69. The Morgan fingerprint density at radius 3 is 2.36 bits per heavy atom. The Bertz CT molecular complexity index is 964. The second kappa shape index (κ2) is 7.91. The van der Waals surface area contributed by atoms with Crippen molar-refractivity contribution >= 4 is 11.6 Å². The number of carbonyl (C=O) groups is 1. The predicted molar refractivity (Wildman–Crippen MR) is 92.9 cm³/mol. The van der Waals surface area contributed by atoms with Gasteiger partial charge in [0.15, 0.2) is 0 Å². The van der Waals surface area contributed by atoms with E-state index in [4.69, 9.17) is 4.74 Å². The Balaban J connectivity index is 1.79. The quantitative estimate of drug-likeness (QED) is 0.715. The summed E-state index contributed by atoms with van der Waals surface area (Å²) in [6, 6.07) is 6.34. The molecule has 3 rings (SSSR count). The number of hydrogen-bond donors (Lipinski definition) is 1. The first-order chi connectivity index (χ1) is 13.4. The van der Waals surface area contributed by atoms with Crippen LogP contribution in [0, 0.1) is 0 Å². The van der Waals surface area contributed by atoms with E-state index < -0.39 is 12.3 Å². The van der Waals surface area contributed by atoms with Crippen LogP contribution in [0.4, 0.5) is 18.9 Å². The molecule has 0 radical (unpaired) electrons. The van der Waals surface area contributed by atoms with Gasteiger partial charge in [-0.05, 0) is 30.3 Å². The largest absolute Gasteiger partial charge is 0.573 e. The molecule has 2 heterocycles. The summed E-state index contributed by atoms with van der Waals surface area (Å²) in [6.07, 6.45) is 1.01. The summed E-state index contributed by atoms with van der Waals surface area (Å²) in [5, 5.41) is 2.58. The number of amides is 1. The van der Waals surface area contributed by atoms with Crippen LogP contribution < -0.4 is 14.8 Å².